The number of carbonyl (C=O) groups excluding carboxylic acids is 1. The fourth-order valence-electron chi connectivity index (χ4n) is 3.45. The van der Waals surface area contributed by atoms with Gasteiger partial charge in [-0.25, -0.2) is 0 Å². The lowest BCUT2D eigenvalue weighted by atomic mass is 9.98. The van der Waals surface area contributed by atoms with Crippen molar-refractivity contribution in [2.24, 2.45) is 0 Å². The second kappa shape index (κ2) is 9.84. The molecule has 1 aromatic heterocycles. The molecule has 0 unspecified atom stereocenters. The smallest absolute Gasteiger partial charge is 0.256 e. The molecular formula is C25H28N2O. The molecule has 0 fully saturated rings. The molecule has 0 atom stereocenters. The summed E-state index contributed by atoms with van der Waals surface area (Å²) in [6.45, 7) is 4.21. The van der Waals surface area contributed by atoms with Gasteiger partial charge in [-0.3, -0.25) is 9.78 Å². The zero-order valence-electron chi connectivity index (χ0n) is 16.7. The Morgan fingerprint density at radius 2 is 1.86 bits per heavy atom. The third-order valence-corrected chi connectivity index (χ3v) is 4.95. The first-order chi connectivity index (χ1) is 13.7. The van der Waals surface area contributed by atoms with Gasteiger partial charge in [-0.1, -0.05) is 68.3 Å². The van der Waals surface area contributed by atoms with Gasteiger partial charge in [0, 0.05) is 17.1 Å². The van der Waals surface area contributed by atoms with E-state index >= 15 is 0 Å². The number of amides is 1. The Balaban J connectivity index is 1.79. The molecule has 1 N–H and O–H groups in total. The molecule has 144 valence electrons. The SMILES string of the molecule is CCCCC/C=C/Cc1cccc(C)c1C(=O)Nc1cccc2cccnc12. The predicted molar refractivity (Wildman–Crippen MR) is 118 cm³/mol. The number of pyridine rings is 1. The van der Waals surface area contributed by atoms with E-state index in [4.69, 9.17) is 0 Å². The van der Waals surface area contributed by atoms with Gasteiger partial charge in [0.1, 0.15) is 0 Å². The molecular weight excluding hydrogens is 344 g/mol. The molecule has 0 saturated carbocycles. The molecule has 1 heterocycles. The molecule has 0 aliphatic rings. The molecule has 0 spiro atoms. The van der Waals surface area contributed by atoms with Crippen LogP contribution < -0.4 is 5.32 Å². The maximum Gasteiger partial charge on any atom is 0.256 e. The normalized spacial score (nSPS) is 11.2. The zero-order chi connectivity index (χ0) is 19.8. The quantitative estimate of drug-likeness (QED) is 0.363. The van der Waals surface area contributed by atoms with E-state index in [1.54, 1.807) is 6.20 Å². The monoisotopic (exact) mass is 372 g/mol. The van der Waals surface area contributed by atoms with Crippen molar-refractivity contribution in [1.82, 2.24) is 4.98 Å². The van der Waals surface area contributed by atoms with Gasteiger partial charge in [-0.15, -0.1) is 0 Å². The van der Waals surface area contributed by atoms with E-state index in [1.807, 2.05) is 55.5 Å². The fraction of sp³-hybridized carbons (Fsp3) is 0.280. The summed E-state index contributed by atoms with van der Waals surface area (Å²) < 4.78 is 0. The molecule has 3 heteroatoms. The number of rotatable bonds is 8. The highest BCUT2D eigenvalue weighted by Gasteiger charge is 2.15. The summed E-state index contributed by atoms with van der Waals surface area (Å²) in [6.07, 6.45) is 11.8. The van der Waals surface area contributed by atoms with Crippen LogP contribution in [-0.2, 0) is 6.42 Å². The molecule has 1 amide bonds. The molecule has 28 heavy (non-hydrogen) atoms. The molecule has 0 aliphatic carbocycles. The molecule has 0 saturated heterocycles. The average molecular weight is 373 g/mol. The first kappa shape index (κ1) is 19.8. The topological polar surface area (TPSA) is 42.0 Å². The highest BCUT2D eigenvalue weighted by atomic mass is 16.1. The van der Waals surface area contributed by atoms with Crippen LogP contribution in [0, 0.1) is 6.92 Å². The van der Waals surface area contributed by atoms with Crippen molar-refractivity contribution in [1.29, 1.82) is 0 Å². The highest BCUT2D eigenvalue weighted by molar-refractivity contribution is 6.09. The second-order valence-electron chi connectivity index (χ2n) is 7.12. The summed E-state index contributed by atoms with van der Waals surface area (Å²) >= 11 is 0. The Hall–Kier alpha value is -2.94. The number of anilines is 1. The minimum Gasteiger partial charge on any atom is -0.320 e. The van der Waals surface area contributed by atoms with Crippen LogP contribution in [0.15, 0.2) is 66.9 Å². The van der Waals surface area contributed by atoms with E-state index in [0.717, 1.165) is 46.1 Å². The number of allylic oxidation sites excluding steroid dienone is 2. The van der Waals surface area contributed by atoms with Crippen LogP contribution in [0.5, 0.6) is 0 Å². The Morgan fingerprint density at radius 1 is 1.04 bits per heavy atom. The highest BCUT2D eigenvalue weighted by Crippen LogP contribution is 2.23. The van der Waals surface area contributed by atoms with Crippen LogP contribution in [0.4, 0.5) is 5.69 Å². The number of carbonyl (C=O) groups is 1. The van der Waals surface area contributed by atoms with Crippen LogP contribution in [-0.4, -0.2) is 10.9 Å². The minimum absolute atomic E-state index is 0.0781. The first-order valence-corrected chi connectivity index (χ1v) is 10.1. The zero-order valence-corrected chi connectivity index (χ0v) is 16.7. The Labute approximate surface area is 167 Å². The third-order valence-electron chi connectivity index (χ3n) is 4.95. The molecule has 0 bridgehead atoms. The van der Waals surface area contributed by atoms with Crippen molar-refractivity contribution in [2.75, 3.05) is 5.32 Å². The molecule has 2 aromatic carbocycles. The van der Waals surface area contributed by atoms with Gasteiger partial charge in [-0.05, 0) is 49.4 Å². The van der Waals surface area contributed by atoms with Crippen molar-refractivity contribution in [2.45, 2.75) is 46.0 Å². The van der Waals surface area contributed by atoms with Crippen molar-refractivity contribution in [3.05, 3.63) is 83.6 Å². The molecule has 3 nitrogen and oxygen atoms in total. The van der Waals surface area contributed by atoms with E-state index < -0.39 is 0 Å². The number of aryl methyl sites for hydroxylation is 1. The Kier molecular flexibility index (Phi) is 6.96. The van der Waals surface area contributed by atoms with Crippen LogP contribution in [0.2, 0.25) is 0 Å². The van der Waals surface area contributed by atoms with E-state index in [9.17, 15) is 4.79 Å². The lowest BCUT2D eigenvalue weighted by Gasteiger charge is -2.13. The second-order valence-corrected chi connectivity index (χ2v) is 7.12. The first-order valence-electron chi connectivity index (χ1n) is 10.1. The number of nitrogens with zero attached hydrogens (tertiary/aromatic N) is 1. The van der Waals surface area contributed by atoms with Crippen LogP contribution in [0.3, 0.4) is 0 Å². The Bertz CT molecular complexity index is 970. The maximum absolute atomic E-state index is 13.1. The lowest BCUT2D eigenvalue weighted by Crippen LogP contribution is -2.16. The minimum atomic E-state index is -0.0781. The molecule has 0 radical (unpaired) electrons. The summed E-state index contributed by atoms with van der Waals surface area (Å²) in [4.78, 5) is 17.5. The van der Waals surface area contributed by atoms with Gasteiger partial charge in [0.25, 0.3) is 5.91 Å². The number of fused-ring (bicyclic) bond motifs is 1. The third kappa shape index (κ3) is 4.86. The molecule has 0 aliphatic heterocycles. The number of benzene rings is 2. The number of unbranched alkanes of at least 4 members (excludes halogenated alkanes) is 3. The van der Waals surface area contributed by atoms with Crippen LogP contribution in [0.25, 0.3) is 10.9 Å². The molecule has 3 rings (SSSR count). The number of hydrogen-bond acceptors (Lipinski definition) is 2. The Morgan fingerprint density at radius 3 is 2.71 bits per heavy atom. The fourth-order valence-corrected chi connectivity index (χ4v) is 3.45. The summed E-state index contributed by atoms with van der Waals surface area (Å²) in [5, 5.41) is 4.09. The van der Waals surface area contributed by atoms with Gasteiger partial charge in [0.15, 0.2) is 0 Å². The lowest BCUT2D eigenvalue weighted by molar-refractivity contribution is 0.102. The maximum atomic E-state index is 13.1. The van der Waals surface area contributed by atoms with Crippen molar-refractivity contribution >= 4 is 22.5 Å². The summed E-state index contributed by atoms with van der Waals surface area (Å²) in [5.41, 5.74) is 4.35. The summed E-state index contributed by atoms with van der Waals surface area (Å²) in [5.74, 6) is -0.0781. The molecule has 3 aromatic rings. The van der Waals surface area contributed by atoms with Crippen LogP contribution in [0.1, 0.15) is 54.1 Å². The van der Waals surface area contributed by atoms with Gasteiger partial charge in [0.2, 0.25) is 0 Å². The number of hydrogen-bond donors (Lipinski definition) is 1. The number of para-hydroxylation sites is 1. The van der Waals surface area contributed by atoms with E-state index in [2.05, 4.69) is 29.4 Å². The van der Waals surface area contributed by atoms with Crippen molar-refractivity contribution in [3.8, 4) is 0 Å². The number of aromatic nitrogens is 1. The van der Waals surface area contributed by atoms with E-state index in [1.165, 1.54) is 19.3 Å². The average Bonchev–Trinajstić information content (AvgIpc) is 2.71. The van der Waals surface area contributed by atoms with E-state index in [0.29, 0.717) is 0 Å². The van der Waals surface area contributed by atoms with Gasteiger partial charge < -0.3 is 5.32 Å². The van der Waals surface area contributed by atoms with Crippen molar-refractivity contribution < 1.29 is 4.79 Å². The standard InChI is InChI=1S/C25H28N2O/c1-3-4-5-6-7-8-13-20-14-9-12-19(2)23(20)25(28)27-22-17-10-15-21-16-11-18-26-24(21)22/h7-12,14-18H,3-6,13H2,1-2H3,(H,27,28)/b8-7+. The van der Waals surface area contributed by atoms with Gasteiger partial charge in [0.05, 0.1) is 11.2 Å². The summed E-state index contributed by atoms with van der Waals surface area (Å²) in [6, 6.07) is 15.8. The largest absolute Gasteiger partial charge is 0.320 e. The number of nitrogens with one attached hydrogen (secondary N) is 1. The van der Waals surface area contributed by atoms with E-state index in [-0.39, 0.29) is 5.91 Å². The summed E-state index contributed by atoms with van der Waals surface area (Å²) in [7, 11) is 0. The van der Waals surface area contributed by atoms with Gasteiger partial charge in [-0.2, -0.15) is 0 Å². The van der Waals surface area contributed by atoms with Crippen LogP contribution >= 0.6 is 0 Å². The van der Waals surface area contributed by atoms with Gasteiger partial charge >= 0.3 is 0 Å². The van der Waals surface area contributed by atoms with Crippen molar-refractivity contribution in [3.63, 3.8) is 0 Å². The predicted octanol–water partition coefficient (Wildman–Crippen LogP) is 6.47.